The van der Waals surface area contributed by atoms with E-state index in [0.29, 0.717) is 36.0 Å². The molecule has 1 aliphatic heterocycles. The third-order valence-electron chi connectivity index (χ3n) is 4.53. The predicted molar refractivity (Wildman–Crippen MR) is 123 cm³/mol. The first-order valence-corrected chi connectivity index (χ1v) is 9.38. The van der Waals surface area contributed by atoms with Gasteiger partial charge in [-0.25, -0.2) is 4.98 Å². The van der Waals surface area contributed by atoms with Crippen molar-refractivity contribution in [3.63, 3.8) is 0 Å². The van der Waals surface area contributed by atoms with Gasteiger partial charge in [0.2, 0.25) is 6.79 Å². The Balaban J connectivity index is 0.00000272. The highest BCUT2D eigenvalue weighted by Crippen LogP contribution is 2.38. The number of fused-ring (bicyclic) bond motifs is 2. The lowest BCUT2D eigenvalue weighted by atomic mass is 10.1. The van der Waals surface area contributed by atoms with E-state index in [0.717, 1.165) is 16.9 Å². The Labute approximate surface area is 194 Å². The molecule has 0 amide bonds. The van der Waals surface area contributed by atoms with Crippen molar-refractivity contribution in [1.82, 2.24) is 20.6 Å². The highest BCUT2D eigenvalue weighted by molar-refractivity contribution is 14.0. The molecule has 4 rings (SSSR count). The van der Waals surface area contributed by atoms with Crippen molar-refractivity contribution in [2.24, 2.45) is 4.99 Å². The van der Waals surface area contributed by atoms with Gasteiger partial charge in [-0.15, -0.1) is 24.0 Å². The van der Waals surface area contributed by atoms with Crippen molar-refractivity contribution < 1.29 is 23.0 Å². The number of ether oxygens (including phenoxy) is 3. The molecule has 0 saturated heterocycles. The van der Waals surface area contributed by atoms with Crippen molar-refractivity contribution in [2.45, 2.75) is 19.6 Å². The molecule has 0 fully saturated rings. The summed E-state index contributed by atoms with van der Waals surface area (Å²) in [5.74, 6) is 2.28. The molecule has 0 saturated carbocycles. The monoisotopic (exact) mass is 545 g/mol. The number of nitrogens with zero attached hydrogens (tertiary/aromatic N) is 2. The van der Waals surface area contributed by atoms with Crippen molar-refractivity contribution in [3.8, 4) is 17.2 Å². The summed E-state index contributed by atoms with van der Waals surface area (Å²) in [5.41, 5.74) is 2.41. The Morgan fingerprint density at radius 3 is 2.74 bits per heavy atom. The topological polar surface area (TPSA) is 92.8 Å². The Morgan fingerprint density at radius 2 is 2.00 bits per heavy atom. The summed E-state index contributed by atoms with van der Waals surface area (Å²) in [6.45, 7) is -2.10. The van der Waals surface area contributed by atoms with Gasteiger partial charge in [0.25, 0.3) is 0 Å². The molecule has 2 heterocycles. The molecule has 166 valence electrons. The van der Waals surface area contributed by atoms with Crippen LogP contribution in [0.25, 0.3) is 11.0 Å². The van der Waals surface area contributed by atoms with Crippen molar-refractivity contribution in [3.05, 3.63) is 47.8 Å². The Bertz CT molecular complexity index is 1030. The van der Waals surface area contributed by atoms with Gasteiger partial charge in [-0.2, -0.15) is 8.78 Å². The van der Waals surface area contributed by atoms with Crippen LogP contribution in [0.4, 0.5) is 8.78 Å². The SMILES string of the molecule is CN=C(NCCc1nc2ccccc2[nH]1)NCc1cc2c(cc1OC(F)F)OCO2.I. The number of aliphatic imine (C=N–C) groups is 1. The lowest BCUT2D eigenvalue weighted by Gasteiger charge is -2.15. The molecule has 3 N–H and O–H groups in total. The molecule has 0 spiro atoms. The third kappa shape index (κ3) is 5.66. The molecule has 0 unspecified atom stereocenters. The maximum Gasteiger partial charge on any atom is 0.387 e. The van der Waals surface area contributed by atoms with Crippen LogP contribution in [-0.4, -0.2) is 42.9 Å². The van der Waals surface area contributed by atoms with Crippen LogP contribution in [-0.2, 0) is 13.0 Å². The van der Waals surface area contributed by atoms with Crippen molar-refractivity contribution in [2.75, 3.05) is 20.4 Å². The average molecular weight is 545 g/mol. The van der Waals surface area contributed by atoms with Gasteiger partial charge in [0.1, 0.15) is 11.6 Å². The largest absolute Gasteiger partial charge is 0.454 e. The summed E-state index contributed by atoms with van der Waals surface area (Å²) in [6.07, 6.45) is 0.666. The van der Waals surface area contributed by atoms with Gasteiger partial charge in [-0.1, -0.05) is 12.1 Å². The van der Waals surface area contributed by atoms with Crippen molar-refractivity contribution in [1.29, 1.82) is 0 Å². The molecule has 0 atom stereocenters. The fourth-order valence-electron chi connectivity index (χ4n) is 3.13. The molecule has 1 aliphatic rings. The molecule has 0 aliphatic carbocycles. The van der Waals surface area contributed by atoms with E-state index in [9.17, 15) is 8.78 Å². The van der Waals surface area contributed by atoms with E-state index in [1.165, 1.54) is 6.07 Å². The second-order valence-corrected chi connectivity index (χ2v) is 6.49. The molecule has 8 nitrogen and oxygen atoms in total. The number of imidazole rings is 1. The number of nitrogens with one attached hydrogen (secondary N) is 3. The maximum atomic E-state index is 12.8. The summed E-state index contributed by atoms with van der Waals surface area (Å²) in [4.78, 5) is 12.0. The summed E-state index contributed by atoms with van der Waals surface area (Å²) in [7, 11) is 1.63. The number of hydrogen-bond acceptors (Lipinski definition) is 5. The standard InChI is InChI=1S/C20H21F2N5O3.HI/c1-23-20(24-7-6-18-26-13-4-2-3-5-14(13)27-18)25-10-12-8-16-17(29-11-28-16)9-15(12)30-19(21)22;/h2-5,8-9,19H,6-7,10-11H2,1H3,(H,26,27)(H2,23,24,25);1H. The van der Waals surface area contributed by atoms with Gasteiger partial charge in [-0.05, 0) is 18.2 Å². The summed E-state index contributed by atoms with van der Waals surface area (Å²) in [5, 5.41) is 6.27. The van der Waals surface area contributed by atoms with Crippen LogP contribution in [0, 0.1) is 0 Å². The van der Waals surface area contributed by atoms with E-state index in [1.54, 1.807) is 13.1 Å². The zero-order chi connectivity index (χ0) is 20.9. The minimum absolute atomic E-state index is 0. The minimum atomic E-state index is -2.94. The van der Waals surface area contributed by atoms with Gasteiger partial charge < -0.3 is 29.8 Å². The summed E-state index contributed by atoms with van der Waals surface area (Å²) in [6, 6.07) is 10.9. The number of H-pyrrole nitrogens is 1. The first kappa shape index (κ1) is 22.8. The lowest BCUT2D eigenvalue weighted by Crippen LogP contribution is -2.38. The second kappa shape index (κ2) is 10.5. The molecule has 11 heteroatoms. The highest BCUT2D eigenvalue weighted by atomic mass is 127. The quantitative estimate of drug-likeness (QED) is 0.240. The van der Waals surface area contributed by atoms with Gasteiger partial charge in [0.05, 0.1) is 11.0 Å². The smallest absolute Gasteiger partial charge is 0.387 e. The van der Waals surface area contributed by atoms with Gasteiger partial charge >= 0.3 is 6.61 Å². The van der Waals surface area contributed by atoms with Crippen LogP contribution in [0.15, 0.2) is 41.4 Å². The Morgan fingerprint density at radius 1 is 1.23 bits per heavy atom. The summed E-state index contributed by atoms with van der Waals surface area (Å²) >= 11 is 0. The molecule has 0 bridgehead atoms. The fourth-order valence-corrected chi connectivity index (χ4v) is 3.13. The number of aromatic nitrogens is 2. The number of guanidine groups is 1. The van der Waals surface area contributed by atoms with Crippen LogP contribution in [0.3, 0.4) is 0 Å². The average Bonchev–Trinajstić information content (AvgIpc) is 3.35. The van der Waals surface area contributed by atoms with Crippen LogP contribution in [0.1, 0.15) is 11.4 Å². The van der Waals surface area contributed by atoms with E-state index >= 15 is 0 Å². The van der Waals surface area contributed by atoms with Gasteiger partial charge in [0.15, 0.2) is 17.5 Å². The first-order valence-electron chi connectivity index (χ1n) is 9.38. The van der Waals surface area contributed by atoms with Crippen LogP contribution in [0.5, 0.6) is 17.2 Å². The van der Waals surface area contributed by atoms with Gasteiger partial charge in [-0.3, -0.25) is 4.99 Å². The molecule has 1 aromatic heterocycles. The number of alkyl halides is 2. The molecule has 0 radical (unpaired) electrons. The zero-order valence-electron chi connectivity index (χ0n) is 16.7. The van der Waals surface area contributed by atoms with E-state index in [1.807, 2.05) is 24.3 Å². The Hall–Kier alpha value is -2.83. The molecular formula is C20H22F2IN5O3. The normalized spacial score (nSPS) is 12.7. The fraction of sp³-hybridized carbons (Fsp3) is 0.300. The van der Waals surface area contributed by atoms with Crippen molar-refractivity contribution >= 4 is 41.0 Å². The molecule has 31 heavy (non-hydrogen) atoms. The molecular weight excluding hydrogens is 523 g/mol. The van der Waals surface area contributed by atoms with Crippen LogP contribution < -0.4 is 24.8 Å². The minimum Gasteiger partial charge on any atom is -0.454 e. The Kier molecular flexibility index (Phi) is 7.71. The highest BCUT2D eigenvalue weighted by Gasteiger charge is 2.20. The van der Waals surface area contributed by atoms with E-state index in [2.05, 4.69) is 30.3 Å². The zero-order valence-corrected chi connectivity index (χ0v) is 19.0. The number of hydrogen-bond donors (Lipinski definition) is 3. The maximum absolute atomic E-state index is 12.8. The lowest BCUT2D eigenvalue weighted by molar-refractivity contribution is -0.0505. The molecule has 2 aromatic carbocycles. The number of para-hydroxylation sites is 2. The molecule has 3 aromatic rings. The number of aromatic amines is 1. The first-order chi connectivity index (χ1) is 14.6. The van der Waals surface area contributed by atoms with Crippen LogP contribution in [0.2, 0.25) is 0 Å². The second-order valence-electron chi connectivity index (χ2n) is 6.49. The summed E-state index contributed by atoms with van der Waals surface area (Å²) < 4.78 is 40.7. The number of rotatable bonds is 7. The van der Waals surface area contributed by atoms with E-state index in [4.69, 9.17) is 9.47 Å². The number of halogens is 3. The third-order valence-corrected chi connectivity index (χ3v) is 4.53. The van der Waals surface area contributed by atoms with E-state index < -0.39 is 6.61 Å². The van der Waals surface area contributed by atoms with Gasteiger partial charge in [0, 0.05) is 38.2 Å². The van der Waals surface area contributed by atoms with E-state index in [-0.39, 0.29) is 43.1 Å². The predicted octanol–water partition coefficient (Wildman–Crippen LogP) is 3.42. The number of benzene rings is 2. The van der Waals surface area contributed by atoms with Crippen LogP contribution >= 0.6 is 24.0 Å².